The lowest BCUT2D eigenvalue weighted by atomic mass is 10.1. The highest BCUT2D eigenvalue weighted by molar-refractivity contribution is 5.78. The van der Waals surface area contributed by atoms with Crippen molar-refractivity contribution in [3.63, 3.8) is 0 Å². The van der Waals surface area contributed by atoms with Gasteiger partial charge in [-0.05, 0) is 27.8 Å². The number of aromatic amines is 1. The number of carbonyl (C=O) groups excluding carboxylic acids is 1. The third-order valence-corrected chi connectivity index (χ3v) is 2.28. The second kappa shape index (κ2) is 4.93. The summed E-state index contributed by atoms with van der Waals surface area (Å²) in [5, 5.41) is 9.84. The van der Waals surface area contributed by atoms with E-state index in [1.54, 1.807) is 14.0 Å². The Morgan fingerprint density at radius 2 is 2.27 bits per heavy atom. The highest BCUT2D eigenvalue weighted by atomic mass is 16.5. The number of ether oxygens (including phenoxy) is 1. The van der Waals surface area contributed by atoms with Crippen LogP contribution in [0.2, 0.25) is 0 Å². The van der Waals surface area contributed by atoms with Crippen molar-refractivity contribution in [2.45, 2.75) is 26.8 Å². The van der Waals surface area contributed by atoms with E-state index in [1.165, 1.54) is 0 Å². The smallest absolute Gasteiger partial charge is 0.327 e. The van der Waals surface area contributed by atoms with Gasteiger partial charge in [-0.3, -0.25) is 5.10 Å². The van der Waals surface area contributed by atoms with Crippen LogP contribution in [0.15, 0.2) is 0 Å². The summed E-state index contributed by atoms with van der Waals surface area (Å²) >= 11 is 0. The first-order valence-electron chi connectivity index (χ1n) is 4.97. The van der Waals surface area contributed by atoms with E-state index in [0.29, 0.717) is 6.61 Å². The van der Waals surface area contributed by atoms with Gasteiger partial charge in [0.15, 0.2) is 0 Å². The number of likely N-dealkylation sites (N-methyl/N-ethyl adjacent to an activating group) is 1. The van der Waals surface area contributed by atoms with Gasteiger partial charge < -0.3 is 10.1 Å². The minimum atomic E-state index is -0.441. The summed E-state index contributed by atoms with van der Waals surface area (Å²) < 4.78 is 4.99. The molecule has 0 aliphatic rings. The minimum Gasteiger partial charge on any atom is -0.465 e. The van der Waals surface area contributed by atoms with Gasteiger partial charge in [-0.25, -0.2) is 4.79 Å². The number of esters is 1. The number of H-pyrrole nitrogens is 1. The van der Waals surface area contributed by atoms with Crippen molar-refractivity contribution in [1.82, 2.24) is 15.5 Å². The van der Waals surface area contributed by atoms with Crippen LogP contribution in [0.1, 0.15) is 29.9 Å². The van der Waals surface area contributed by atoms with Gasteiger partial charge in [0.2, 0.25) is 0 Å². The van der Waals surface area contributed by atoms with Crippen molar-refractivity contribution < 1.29 is 9.53 Å². The molecule has 15 heavy (non-hydrogen) atoms. The van der Waals surface area contributed by atoms with Gasteiger partial charge in [-0.1, -0.05) is 0 Å². The molecule has 0 radical (unpaired) electrons. The Hall–Kier alpha value is -1.36. The fraction of sp³-hybridized carbons (Fsp3) is 0.600. The Labute approximate surface area is 89.2 Å². The molecule has 1 aromatic rings. The first-order chi connectivity index (χ1) is 7.11. The second-order valence-corrected chi connectivity index (χ2v) is 3.32. The van der Waals surface area contributed by atoms with Crippen LogP contribution in [0.4, 0.5) is 0 Å². The molecule has 0 spiro atoms. The van der Waals surface area contributed by atoms with Crippen molar-refractivity contribution in [1.29, 1.82) is 0 Å². The van der Waals surface area contributed by atoms with Crippen LogP contribution in [-0.4, -0.2) is 29.8 Å². The second-order valence-electron chi connectivity index (χ2n) is 3.32. The van der Waals surface area contributed by atoms with E-state index in [0.717, 1.165) is 17.0 Å². The zero-order chi connectivity index (χ0) is 11.4. The number of rotatable bonds is 4. The fourth-order valence-corrected chi connectivity index (χ4v) is 1.59. The maximum Gasteiger partial charge on any atom is 0.327 e. The van der Waals surface area contributed by atoms with E-state index >= 15 is 0 Å². The fourth-order valence-electron chi connectivity index (χ4n) is 1.59. The number of hydrogen-bond acceptors (Lipinski definition) is 4. The summed E-state index contributed by atoms with van der Waals surface area (Å²) in [6, 6.07) is -0.441. The van der Waals surface area contributed by atoms with Gasteiger partial charge in [-0.2, -0.15) is 5.10 Å². The Bertz CT molecular complexity index is 327. The largest absolute Gasteiger partial charge is 0.465 e. The lowest BCUT2D eigenvalue weighted by Crippen LogP contribution is -2.28. The molecule has 5 heteroatoms. The van der Waals surface area contributed by atoms with Gasteiger partial charge >= 0.3 is 5.97 Å². The summed E-state index contributed by atoms with van der Waals surface area (Å²) in [5.74, 6) is -0.271. The molecule has 0 aromatic carbocycles. The minimum absolute atomic E-state index is 0.271. The Balaban J connectivity index is 2.97. The Kier molecular flexibility index (Phi) is 3.85. The Morgan fingerprint density at radius 3 is 2.67 bits per heavy atom. The lowest BCUT2D eigenvalue weighted by Gasteiger charge is -2.14. The zero-order valence-corrected chi connectivity index (χ0v) is 9.55. The average molecular weight is 211 g/mol. The molecule has 1 rings (SSSR count). The standard InChI is InChI=1S/C10H17N3O2/c1-5-15-10(14)9(11-4)8-6(2)12-13-7(8)3/h9,11H,5H2,1-4H3,(H,12,13). The summed E-state index contributed by atoms with van der Waals surface area (Å²) in [7, 11) is 1.73. The third kappa shape index (κ3) is 2.36. The van der Waals surface area contributed by atoms with E-state index in [4.69, 9.17) is 4.74 Å². The van der Waals surface area contributed by atoms with Crippen molar-refractivity contribution >= 4 is 5.97 Å². The van der Waals surface area contributed by atoms with E-state index in [-0.39, 0.29) is 5.97 Å². The first kappa shape index (κ1) is 11.7. The molecule has 1 aromatic heterocycles. The van der Waals surface area contributed by atoms with E-state index < -0.39 is 6.04 Å². The first-order valence-corrected chi connectivity index (χ1v) is 4.97. The Morgan fingerprint density at radius 1 is 1.60 bits per heavy atom. The maximum absolute atomic E-state index is 11.7. The molecule has 0 aliphatic heterocycles. The normalized spacial score (nSPS) is 12.5. The number of nitrogens with zero attached hydrogens (tertiary/aromatic N) is 1. The van der Waals surface area contributed by atoms with Crippen LogP contribution in [0.25, 0.3) is 0 Å². The topological polar surface area (TPSA) is 67.0 Å². The van der Waals surface area contributed by atoms with Crippen LogP contribution < -0.4 is 5.32 Å². The molecule has 1 atom stereocenters. The predicted molar refractivity (Wildman–Crippen MR) is 56.5 cm³/mol. The average Bonchev–Trinajstić information content (AvgIpc) is 2.51. The molecule has 5 nitrogen and oxygen atoms in total. The van der Waals surface area contributed by atoms with Crippen LogP contribution in [0.3, 0.4) is 0 Å². The highest BCUT2D eigenvalue weighted by Crippen LogP contribution is 2.20. The third-order valence-electron chi connectivity index (χ3n) is 2.28. The van der Waals surface area contributed by atoms with Crippen LogP contribution in [0.5, 0.6) is 0 Å². The molecular formula is C10H17N3O2. The lowest BCUT2D eigenvalue weighted by molar-refractivity contribution is -0.145. The monoisotopic (exact) mass is 211 g/mol. The quantitative estimate of drug-likeness (QED) is 0.724. The number of aromatic nitrogens is 2. The molecule has 0 aliphatic carbocycles. The number of carbonyl (C=O) groups is 1. The van der Waals surface area contributed by atoms with Gasteiger partial charge in [0.05, 0.1) is 12.3 Å². The van der Waals surface area contributed by atoms with Gasteiger partial charge in [0.25, 0.3) is 0 Å². The van der Waals surface area contributed by atoms with Crippen molar-refractivity contribution in [3.8, 4) is 0 Å². The highest BCUT2D eigenvalue weighted by Gasteiger charge is 2.25. The summed E-state index contributed by atoms with van der Waals surface area (Å²) in [6.45, 7) is 5.92. The molecule has 84 valence electrons. The van der Waals surface area contributed by atoms with Gasteiger partial charge in [0, 0.05) is 11.3 Å². The van der Waals surface area contributed by atoms with Gasteiger partial charge in [-0.15, -0.1) is 0 Å². The van der Waals surface area contributed by atoms with Crippen molar-refractivity contribution in [2.24, 2.45) is 0 Å². The summed E-state index contributed by atoms with van der Waals surface area (Å²) in [5.41, 5.74) is 2.58. The van der Waals surface area contributed by atoms with Crippen LogP contribution in [0, 0.1) is 13.8 Å². The molecule has 1 heterocycles. The number of hydrogen-bond donors (Lipinski definition) is 2. The van der Waals surface area contributed by atoms with E-state index in [1.807, 2.05) is 13.8 Å². The molecule has 2 N–H and O–H groups in total. The van der Waals surface area contributed by atoms with Crippen LogP contribution in [-0.2, 0) is 9.53 Å². The predicted octanol–water partition coefficient (Wildman–Crippen LogP) is 0.850. The SMILES string of the molecule is CCOC(=O)C(NC)c1c(C)n[nH]c1C. The molecule has 0 saturated heterocycles. The summed E-state index contributed by atoms with van der Waals surface area (Å²) in [4.78, 5) is 11.7. The molecule has 0 bridgehead atoms. The van der Waals surface area contributed by atoms with Gasteiger partial charge in [0.1, 0.15) is 6.04 Å². The number of nitrogens with one attached hydrogen (secondary N) is 2. The molecule has 0 saturated carbocycles. The zero-order valence-electron chi connectivity index (χ0n) is 9.55. The van der Waals surface area contributed by atoms with Crippen LogP contribution >= 0.6 is 0 Å². The van der Waals surface area contributed by atoms with E-state index in [9.17, 15) is 4.79 Å². The molecule has 1 unspecified atom stereocenters. The molecule has 0 amide bonds. The van der Waals surface area contributed by atoms with Crippen molar-refractivity contribution in [3.05, 3.63) is 17.0 Å². The van der Waals surface area contributed by atoms with E-state index in [2.05, 4.69) is 15.5 Å². The summed E-state index contributed by atoms with van der Waals surface area (Å²) in [6.07, 6.45) is 0. The van der Waals surface area contributed by atoms with Crippen molar-refractivity contribution in [2.75, 3.05) is 13.7 Å². The molecular weight excluding hydrogens is 194 g/mol. The number of aryl methyl sites for hydroxylation is 2. The molecule has 0 fully saturated rings. The maximum atomic E-state index is 11.7.